The number of benzene rings is 2. The van der Waals surface area contributed by atoms with Gasteiger partial charge in [0, 0.05) is 24.7 Å². The third-order valence-electron chi connectivity index (χ3n) is 6.98. The van der Waals surface area contributed by atoms with Gasteiger partial charge in [0.05, 0.1) is 41.9 Å². The summed E-state index contributed by atoms with van der Waals surface area (Å²) in [7, 11) is 3.15. The zero-order valence-corrected chi connectivity index (χ0v) is 22.6. The fraction of sp³-hybridized carbons (Fsp3) is 0.462. The molecule has 12 heteroatoms. The van der Waals surface area contributed by atoms with E-state index in [1.807, 2.05) is 6.07 Å². The molecule has 38 heavy (non-hydrogen) atoms. The summed E-state index contributed by atoms with van der Waals surface area (Å²) in [6, 6.07) is 6.14. The summed E-state index contributed by atoms with van der Waals surface area (Å²) in [5.74, 6) is 2.93. The van der Waals surface area contributed by atoms with Crippen molar-refractivity contribution in [2.45, 2.75) is 37.3 Å². The second kappa shape index (κ2) is 10.9. The molecular weight excluding hydrogens is 535 g/mol. The molecule has 0 radical (unpaired) electrons. The number of nitrogens with one attached hydrogen (secondary N) is 1. The number of methoxy groups -OCH3 is 2. The van der Waals surface area contributed by atoms with E-state index in [-0.39, 0.29) is 29.0 Å². The van der Waals surface area contributed by atoms with Gasteiger partial charge in [-0.3, -0.25) is 0 Å². The molecule has 1 aromatic heterocycles. The molecule has 4 atom stereocenters. The number of ether oxygens (including phenoxy) is 5. The van der Waals surface area contributed by atoms with Gasteiger partial charge in [0.2, 0.25) is 0 Å². The van der Waals surface area contributed by atoms with E-state index >= 15 is 0 Å². The third-order valence-corrected chi connectivity index (χ3v) is 9.32. The highest BCUT2D eigenvalue weighted by molar-refractivity contribution is 7.87. The molecule has 0 aliphatic carbocycles. The number of hydrogen-bond donors (Lipinski definition) is 1. The molecule has 3 aliphatic rings. The Morgan fingerprint density at radius 2 is 1.84 bits per heavy atom. The first-order chi connectivity index (χ1) is 18.6. The minimum absolute atomic E-state index is 0.0443. The van der Waals surface area contributed by atoms with E-state index < -0.39 is 11.9 Å². The zero-order valence-electron chi connectivity index (χ0n) is 21.0. The van der Waals surface area contributed by atoms with Gasteiger partial charge in [-0.2, -0.15) is 0 Å². The van der Waals surface area contributed by atoms with Crippen molar-refractivity contribution in [1.29, 1.82) is 0 Å². The van der Waals surface area contributed by atoms with Gasteiger partial charge in [0.1, 0.15) is 47.7 Å². The average Bonchev–Trinajstić information content (AvgIpc) is 3.65. The standard InChI is InChI=1S/C26H28ClFN4O5S/c1-33-19-11-35-25-20(12-36-24(19)25)37-18-9-14(28)5-6-15(18)31-26-21-16(29-13-30-26)10-17(23(34-2)22(21)27)32-38-7-3-4-8-38/h5-6,9-10,13,19-20,24-25H,3-4,7-8,11-12H2,1-2H3,(H,29,30,31)/t19?,20-,24-,25-/m1/s1. The maximum Gasteiger partial charge on any atom is 0.164 e. The Labute approximate surface area is 227 Å². The van der Waals surface area contributed by atoms with Crippen LogP contribution in [0.5, 0.6) is 11.5 Å². The van der Waals surface area contributed by atoms with E-state index in [4.69, 9.17) is 39.6 Å². The molecule has 1 N–H and O–H groups in total. The van der Waals surface area contributed by atoms with E-state index in [1.54, 1.807) is 20.3 Å². The second-order valence-corrected chi connectivity index (χ2v) is 11.6. The molecule has 1 unspecified atom stereocenters. The topological polar surface area (TPSA) is 96.3 Å². The molecule has 0 saturated carbocycles. The fourth-order valence-electron chi connectivity index (χ4n) is 5.09. The van der Waals surface area contributed by atoms with Crippen LogP contribution in [0.3, 0.4) is 0 Å². The maximum atomic E-state index is 14.3. The quantitative estimate of drug-likeness (QED) is 0.431. The number of halogens is 2. The van der Waals surface area contributed by atoms with Gasteiger partial charge < -0.3 is 29.0 Å². The highest BCUT2D eigenvalue weighted by Gasteiger charge is 2.49. The molecule has 202 valence electrons. The van der Waals surface area contributed by atoms with Gasteiger partial charge in [0.15, 0.2) is 11.9 Å². The van der Waals surface area contributed by atoms with E-state index in [0.29, 0.717) is 57.8 Å². The number of fused-ring (bicyclic) bond motifs is 2. The van der Waals surface area contributed by atoms with Gasteiger partial charge in [-0.15, -0.1) is 0 Å². The molecule has 0 spiro atoms. The van der Waals surface area contributed by atoms with Gasteiger partial charge in [-0.05, 0) is 31.0 Å². The monoisotopic (exact) mass is 562 g/mol. The number of hydrogen-bond acceptors (Lipinski definition) is 9. The molecule has 3 fully saturated rings. The Balaban J connectivity index is 1.33. The van der Waals surface area contributed by atoms with Crippen LogP contribution < -0.4 is 14.8 Å². The van der Waals surface area contributed by atoms with Gasteiger partial charge in [-0.25, -0.2) is 18.7 Å². The highest BCUT2D eigenvalue weighted by atomic mass is 35.5. The minimum Gasteiger partial charge on any atom is -0.493 e. The van der Waals surface area contributed by atoms with Crippen LogP contribution in [0.25, 0.3) is 10.9 Å². The van der Waals surface area contributed by atoms with E-state index in [9.17, 15) is 4.39 Å². The molecule has 3 saturated heterocycles. The van der Waals surface area contributed by atoms with E-state index in [1.165, 1.54) is 31.3 Å². The molecule has 9 nitrogen and oxygen atoms in total. The molecule has 6 rings (SSSR count). The Morgan fingerprint density at radius 1 is 1.08 bits per heavy atom. The molecule has 4 heterocycles. The SMILES string of the molecule is COc1c(N=S2CCCC2)cc2ncnc(Nc3ccc(F)cc3O[C@@H]3CO[C@@H]4C(OC)CO[C@@H]43)c2c1Cl. The van der Waals surface area contributed by atoms with Crippen LogP contribution >= 0.6 is 11.6 Å². The summed E-state index contributed by atoms with van der Waals surface area (Å²) in [5, 5.41) is 4.19. The van der Waals surface area contributed by atoms with Crippen LogP contribution in [-0.4, -0.2) is 73.3 Å². The summed E-state index contributed by atoms with van der Waals surface area (Å²) in [6.45, 7) is 0.723. The van der Waals surface area contributed by atoms with E-state index in [2.05, 4.69) is 15.3 Å². The van der Waals surface area contributed by atoms with Crippen LogP contribution in [0.15, 0.2) is 35.0 Å². The maximum absolute atomic E-state index is 14.3. The third kappa shape index (κ3) is 4.82. The summed E-state index contributed by atoms with van der Waals surface area (Å²) in [6.07, 6.45) is 2.70. The number of aromatic nitrogens is 2. The molecular formula is C26H28ClFN4O5S. The summed E-state index contributed by atoms with van der Waals surface area (Å²) >= 11 is 6.86. The zero-order chi connectivity index (χ0) is 26.2. The van der Waals surface area contributed by atoms with Crippen LogP contribution in [0.4, 0.5) is 21.6 Å². The van der Waals surface area contributed by atoms with Crippen molar-refractivity contribution in [1.82, 2.24) is 9.97 Å². The Morgan fingerprint density at radius 3 is 2.61 bits per heavy atom. The number of nitrogens with zero attached hydrogens (tertiary/aromatic N) is 3. The highest BCUT2D eigenvalue weighted by Crippen LogP contribution is 2.44. The Kier molecular flexibility index (Phi) is 7.37. The number of rotatable bonds is 7. The fourth-order valence-corrected chi connectivity index (χ4v) is 7.33. The molecule has 0 amide bonds. The summed E-state index contributed by atoms with van der Waals surface area (Å²) in [5.41, 5.74) is 1.82. The van der Waals surface area contributed by atoms with Gasteiger partial charge in [0.25, 0.3) is 0 Å². The first kappa shape index (κ1) is 25.7. The molecule has 3 aromatic rings. The number of anilines is 2. The molecule has 3 aliphatic heterocycles. The van der Waals surface area contributed by atoms with Crippen molar-refractivity contribution >= 4 is 50.4 Å². The summed E-state index contributed by atoms with van der Waals surface area (Å²) < 4.78 is 48.3. The lowest BCUT2D eigenvalue weighted by atomic mass is 10.1. The smallest absolute Gasteiger partial charge is 0.164 e. The van der Waals surface area contributed by atoms with Crippen molar-refractivity contribution in [3.63, 3.8) is 0 Å². The van der Waals surface area contributed by atoms with Gasteiger partial charge >= 0.3 is 0 Å². The van der Waals surface area contributed by atoms with Crippen molar-refractivity contribution in [3.05, 3.63) is 41.4 Å². The minimum atomic E-state index is -0.436. The summed E-state index contributed by atoms with van der Waals surface area (Å²) in [4.78, 5) is 8.88. The van der Waals surface area contributed by atoms with Crippen LogP contribution in [0, 0.1) is 5.82 Å². The van der Waals surface area contributed by atoms with Crippen molar-refractivity contribution < 1.29 is 28.1 Å². The van der Waals surface area contributed by atoms with Gasteiger partial charge in [-0.1, -0.05) is 22.3 Å². The molecule has 2 aromatic carbocycles. The lowest BCUT2D eigenvalue weighted by Gasteiger charge is -2.21. The van der Waals surface area contributed by atoms with Crippen molar-refractivity contribution in [2.75, 3.05) is 44.3 Å². The normalized spacial score (nSPS) is 25.1. The first-order valence-corrected chi connectivity index (χ1v) is 14.3. The van der Waals surface area contributed by atoms with Crippen LogP contribution in [0.1, 0.15) is 12.8 Å². The lowest BCUT2D eigenvalue weighted by molar-refractivity contribution is -0.0138. The van der Waals surface area contributed by atoms with Crippen LogP contribution in [0.2, 0.25) is 5.02 Å². The first-order valence-electron chi connectivity index (χ1n) is 12.5. The second-order valence-electron chi connectivity index (χ2n) is 9.32. The van der Waals surface area contributed by atoms with Crippen molar-refractivity contribution in [3.8, 4) is 11.5 Å². The van der Waals surface area contributed by atoms with Crippen LogP contribution in [-0.2, 0) is 24.9 Å². The lowest BCUT2D eigenvalue weighted by Crippen LogP contribution is -2.35. The predicted octanol–water partition coefficient (Wildman–Crippen LogP) is 4.96. The molecule has 0 bridgehead atoms. The Hall–Kier alpha value is -2.57. The Bertz CT molecular complexity index is 1390. The van der Waals surface area contributed by atoms with Crippen molar-refractivity contribution in [2.24, 2.45) is 4.36 Å². The largest absolute Gasteiger partial charge is 0.493 e. The average molecular weight is 563 g/mol. The van der Waals surface area contributed by atoms with E-state index in [0.717, 1.165) is 11.5 Å². The predicted molar refractivity (Wildman–Crippen MR) is 144 cm³/mol.